The summed E-state index contributed by atoms with van der Waals surface area (Å²) in [6.07, 6.45) is 21.5. The van der Waals surface area contributed by atoms with Crippen molar-refractivity contribution in [3.05, 3.63) is 12.2 Å². The number of hydrogen-bond acceptors (Lipinski definition) is 3. The van der Waals surface area contributed by atoms with E-state index in [1.54, 1.807) is 0 Å². The number of rotatable bonds is 14. The second-order valence-corrected chi connectivity index (χ2v) is 18.7. The average molecular weight is 654 g/mol. The van der Waals surface area contributed by atoms with Crippen LogP contribution in [0.5, 0.6) is 0 Å². The van der Waals surface area contributed by atoms with E-state index in [9.17, 15) is 9.59 Å². The van der Waals surface area contributed by atoms with E-state index >= 15 is 0 Å². The van der Waals surface area contributed by atoms with Crippen molar-refractivity contribution in [1.82, 2.24) is 5.32 Å². The molecule has 5 aliphatic rings. The van der Waals surface area contributed by atoms with E-state index in [1.165, 1.54) is 69.8 Å². The summed E-state index contributed by atoms with van der Waals surface area (Å²) in [5, 5.41) is 12.3. The molecule has 0 aliphatic heterocycles. The zero-order valence-electron chi connectivity index (χ0n) is 31.5. The molecule has 5 aliphatic carbocycles. The highest BCUT2D eigenvalue weighted by Gasteiger charge is 2.71. The largest absolute Gasteiger partial charge is 0.481 e. The van der Waals surface area contributed by atoms with Crippen molar-refractivity contribution >= 4 is 11.9 Å². The van der Waals surface area contributed by atoms with Crippen molar-refractivity contribution in [3.63, 3.8) is 0 Å². The van der Waals surface area contributed by atoms with Gasteiger partial charge in [0.25, 0.3) is 0 Å². The average Bonchev–Trinajstić information content (AvgIpc) is 3.41. The van der Waals surface area contributed by atoms with Crippen LogP contribution in [-0.4, -0.2) is 36.7 Å². The lowest BCUT2D eigenvalue weighted by molar-refractivity contribution is -0.248. The van der Waals surface area contributed by atoms with Crippen LogP contribution in [0.4, 0.5) is 0 Å². The highest BCUT2D eigenvalue weighted by Crippen LogP contribution is 2.77. The molecule has 0 aromatic carbocycles. The lowest BCUT2D eigenvalue weighted by atomic mass is 9.32. The zero-order valence-corrected chi connectivity index (χ0v) is 31.5. The van der Waals surface area contributed by atoms with Gasteiger partial charge in [-0.15, -0.1) is 0 Å². The van der Waals surface area contributed by atoms with E-state index in [1.807, 2.05) is 7.11 Å². The third-order valence-corrected chi connectivity index (χ3v) is 16.3. The molecule has 5 rings (SSSR count). The Morgan fingerprint density at radius 2 is 1.43 bits per heavy atom. The Labute approximate surface area is 288 Å². The molecule has 0 heterocycles. The fourth-order valence-corrected chi connectivity index (χ4v) is 13.8. The minimum Gasteiger partial charge on any atom is -0.481 e. The maximum absolute atomic E-state index is 14.4. The number of unbranched alkanes of at least 4 members (excludes halogenated alkanes) is 7. The number of fused-ring (bicyclic) bond motifs is 7. The summed E-state index contributed by atoms with van der Waals surface area (Å²) in [6.45, 7) is 20.6. The van der Waals surface area contributed by atoms with Crippen molar-refractivity contribution in [1.29, 1.82) is 0 Å². The molecule has 0 bridgehead atoms. The number of carbonyl (C=O) groups is 2. The molecule has 0 saturated heterocycles. The Morgan fingerprint density at radius 1 is 0.766 bits per heavy atom. The van der Waals surface area contributed by atoms with Crippen molar-refractivity contribution in [3.8, 4) is 0 Å². The van der Waals surface area contributed by atoms with Gasteiger partial charge in [-0.05, 0) is 135 Å². The first-order valence-electron chi connectivity index (χ1n) is 19.9. The van der Waals surface area contributed by atoms with Crippen molar-refractivity contribution < 1.29 is 19.4 Å². The Balaban J connectivity index is 1.25. The second-order valence-electron chi connectivity index (χ2n) is 18.7. The molecule has 5 heteroatoms. The van der Waals surface area contributed by atoms with Gasteiger partial charge in [-0.1, -0.05) is 85.3 Å². The number of methoxy groups -OCH3 is 1. The van der Waals surface area contributed by atoms with E-state index in [0.29, 0.717) is 52.9 Å². The molecular weight excluding hydrogens is 582 g/mol. The van der Waals surface area contributed by atoms with Crippen molar-refractivity contribution in [2.45, 2.75) is 170 Å². The molecule has 47 heavy (non-hydrogen) atoms. The van der Waals surface area contributed by atoms with Gasteiger partial charge in [0, 0.05) is 20.1 Å². The Kier molecular flexibility index (Phi) is 11.1. The third-order valence-electron chi connectivity index (χ3n) is 16.3. The molecule has 2 N–H and O–H groups in total. The molecule has 10 atom stereocenters. The molecule has 0 unspecified atom stereocenters. The second kappa shape index (κ2) is 14.1. The third kappa shape index (κ3) is 6.28. The molecule has 5 saturated carbocycles. The van der Waals surface area contributed by atoms with Crippen LogP contribution >= 0.6 is 0 Å². The molecular formula is C42H71NO4. The number of nitrogens with one attached hydrogen (secondary N) is 1. The van der Waals surface area contributed by atoms with Gasteiger partial charge in [-0.3, -0.25) is 9.59 Å². The maximum Gasteiger partial charge on any atom is 0.303 e. The topological polar surface area (TPSA) is 75.6 Å². The van der Waals surface area contributed by atoms with Crippen LogP contribution in [0.25, 0.3) is 0 Å². The lowest BCUT2D eigenvalue weighted by Gasteiger charge is -2.73. The van der Waals surface area contributed by atoms with Crippen LogP contribution in [0.1, 0.15) is 164 Å². The fourth-order valence-electron chi connectivity index (χ4n) is 13.8. The van der Waals surface area contributed by atoms with E-state index in [-0.39, 0.29) is 16.2 Å². The van der Waals surface area contributed by atoms with Crippen LogP contribution in [0.2, 0.25) is 0 Å². The van der Waals surface area contributed by atoms with Gasteiger partial charge in [0.15, 0.2) is 0 Å². The summed E-state index contributed by atoms with van der Waals surface area (Å²) < 4.78 is 6.10. The number of carboxylic acid groups (broad SMARTS) is 1. The molecule has 0 radical (unpaired) electrons. The molecule has 5 fully saturated rings. The maximum atomic E-state index is 14.4. The smallest absolute Gasteiger partial charge is 0.303 e. The predicted molar refractivity (Wildman–Crippen MR) is 192 cm³/mol. The number of allylic oxidation sites excluding steroid dienone is 1. The number of ether oxygens (including phenoxy) is 1. The molecule has 0 aromatic heterocycles. The molecule has 1 amide bonds. The van der Waals surface area contributed by atoms with Crippen LogP contribution in [0.3, 0.4) is 0 Å². The standard InChI is InChI=1S/C42H71NO4/c1-29(2)30-20-25-42(37(46)43-28-16-14-12-10-9-11-13-15-17-35(44)45)27-26-40(6)31(36(30)42)18-19-33-39(5)23-22-34(47-8)38(3,4)32(39)21-24-41(33,40)7/h30-34,36H,1,9-28H2,2-8H3,(H,43,46)(H,44,45)/t30-,31+,32-,33+,34-,36+,39-,40+,41+,42-/m0/s1. The van der Waals surface area contributed by atoms with Gasteiger partial charge in [-0.25, -0.2) is 0 Å². The van der Waals surface area contributed by atoms with Crippen LogP contribution < -0.4 is 5.32 Å². The van der Waals surface area contributed by atoms with Gasteiger partial charge in [0.05, 0.1) is 11.5 Å². The summed E-state index contributed by atoms with van der Waals surface area (Å²) in [4.78, 5) is 25.1. The summed E-state index contributed by atoms with van der Waals surface area (Å²) in [7, 11) is 1.93. The van der Waals surface area contributed by atoms with Gasteiger partial charge < -0.3 is 15.2 Å². The Bertz CT molecular complexity index is 1150. The van der Waals surface area contributed by atoms with Crippen LogP contribution in [0.15, 0.2) is 12.2 Å². The van der Waals surface area contributed by atoms with Gasteiger partial charge >= 0.3 is 5.97 Å². The number of aliphatic carboxylic acids is 1. The first-order valence-corrected chi connectivity index (χ1v) is 19.9. The molecule has 0 aromatic rings. The minimum absolute atomic E-state index is 0.209. The summed E-state index contributed by atoms with van der Waals surface area (Å²) in [5.41, 5.74) is 2.20. The quantitative estimate of drug-likeness (QED) is 0.144. The lowest BCUT2D eigenvalue weighted by Crippen LogP contribution is -2.67. The molecule has 268 valence electrons. The number of amides is 1. The summed E-state index contributed by atoms with van der Waals surface area (Å²) in [6, 6.07) is 0. The van der Waals surface area contributed by atoms with Crippen LogP contribution in [0, 0.1) is 56.7 Å². The predicted octanol–water partition coefficient (Wildman–Crippen LogP) is 10.4. The normalized spacial score (nSPS) is 42.0. The van der Waals surface area contributed by atoms with E-state index in [0.717, 1.165) is 63.8 Å². The van der Waals surface area contributed by atoms with Crippen molar-refractivity contribution in [2.75, 3.05) is 13.7 Å². The first kappa shape index (κ1) is 36.9. The molecule has 5 nitrogen and oxygen atoms in total. The SMILES string of the molecule is C=C(C)[C@@H]1CC[C@]2(C(=O)NCCCCCCCCCCC(=O)O)CC[C@]3(C)[C@H](CC[C@@H]4[C@@]5(C)CC[C@H](OC)C(C)(C)[C@@H]5CC[C@]43C)[C@@H]12. The monoisotopic (exact) mass is 654 g/mol. The van der Waals surface area contributed by atoms with Gasteiger partial charge in [0.2, 0.25) is 5.91 Å². The summed E-state index contributed by atoms with van der Waals surface area (Å²) in [5.74, 6) is 2.59. The number of carbonyl (C=O) groups excluding carboxylic acids is 1. The van der Waals surface area contributed by atoms with Crippen LogP contribution in [-0.2, 0) is 14.3 Å². The summed E-state index contributed by atoms with van der Waals surface area (Å²) >= 11 is 0. The highest BCUT2D eigenvalue weighted by atomic mass is 16.5. The highest BCUT2D eigenvalue weighted by molar-refractivity contribution is 5.83. The Morgan fingerprint density at radius 3 is 2.06 bits per heavy atom. The van der Waals surface area contributed by atoms with E-state index in [4.69, 9.17) is 9.84 Å². The van der Waals surface area contributed by atoms with Gasteiger partial charge in [0.1, 0.15) is 0 Å². The number of carboxylic acids is 1. The Hall–Kier alpha value is -1.36. The minimum atomic E-state index is -0.684. The number of hydrogen-bond donors (Lipinski definition) is 2. The van der Waals surface area contributed by atoms with E-state index < -0.39 is 5.97 Å². The first-order chi connectivity index (χ1) is 22.2. The molecule has 0 spiro atoms. The zero-order chi connectivity index (χ0) is 34.3. The van der Waals surface area contributed by atoms with E-state index in [2.05, 4.69) is 53.4 Å². The fraction of sp³-hybridized carbons (Fsp3) is 0.905. The van der Waals surface area contributed by atoms with Crippen molar-refractivity contribution in [2.24, 2.45) is 56.7 Å². The van der Waals surface area contributed by atoms with Gasteiger partial charge in [-0.2, -0.15) is 0 Å².